The monoisotopic (exact) mass is 417 g/mol. The van der Waals surface area contributed by atoms with Crippen LogP contribution in [0.1, 0.15) is 53.9 Å². The number of para-hydroxylation sites is 1. The molecule has 4 heterocycles. The van der Waals surface area contributed by atoms with Gasteiger partial charge in [-0.15, -0.1) is 0 Å². The lowest BCUT2D eigenvalue weighted by atomic mass is 9.98. The largest absolute Gasteiger partial charge is 0.455 e. The number of aromatic nitrogens is 2. The van der Waals surface area contributed by atoms with Crippen LogP contribution >= 0.6 is 0 Å². The van der Waals surface area contributed by atoms with Gasteiger partial charge >= 0.3 is 0 Å². The number of aryl methyl sites for hydroxylation is 2. The standard InChI is InChI=1S/C25H27N3O3/c1-14(2)28-13-20(30-23-15(3)7-6-8-16(23)4)18(11-21(28)29)19-12-27(5)25-24(31-25)22-17(19)9-10-26-22/h6-14,24-26H,1-5H3. The highest BCUT2D eigenvalue weighted by molar-refractivity contribution is 5.84. The van der Waals surface area contributed by atoms with Gasteiger partial charge in [0.1, 0.15) is 11.9 Å². The van der Waals surface area contributed by atoms with Crippen LogP contribution < -0.4 is 10.3 Å². The number of nitrogens with one attached hydrogen (secondary N) is 1. The molecule has 0 bridgehead atoms. The molecule has 31 heavy (non-hydrogen) atoms. The number of pyridine rings is 1. The first kappa shape index (κ1) is 19.7. The van der Waals surface area contributed by atoms with Crippen molar-refractivity contribution in [2.45, 2.75) is 46.1 Å². The van der Waals surface area contributed by atoms with Gasteiger partial charge in [0.25, 0.3) is 5.56 Å². The summed E-state index contributed by atoms with van der Waals surface area (Å²) in [6.45, 7) is 8.07. The van der Waals surface area contributed by atoms with Crippen LogP contribution in [0.2, 0.25) is 0 Å². The molecule has 2 aliphatic heterocycles. The number of epoxide rings is 1. The predicted octanol–water partition coefficient (Wildman–Crippen LogP) is 4.90. The molecule has 1 aromatic carbocycles. The predicted molar refractivity (Wildman–Crippen MR) is 120 cm³/mol. The Morgan fingerprint density at radius 2 is 1.87 bits per heavy atom. The molecule has 0 amide bonds. The van der Waals surface area contributed by atoms with Gasteiger partial charge in [0.15, 0.2) is 12.0 Å². The maximum atomic E-state index is 13.0. The van der Waals surface area contributed by atoms with E-state index in [9.17, 15) is 4.79 Å². The number of hydrogen-bond donors (Lipinski definition) is 1. The van der Waals surface area contributed by atoms with Crippen LogP contribution in [0.25, 0.3) is 5.57 Å². The molecule has 1 saturated heterocycles. The number of benzene rings is 1. The Hall–Kier alpha value is -3.25. The van der Waals surface area contributed by atoms with Crippen molar-refractivity contribution < 1.29 is 9.47 Å². The number of nitrogens with zero attached hydrogens (tertiary/aromatic N) is 2. The summed E-state index contributed by atoms with van der Waals surface area (Å²) < 4.78 is 14.1. The maximum Gasteiger partial charge on any atom is 0.251 e. The summed E-state index contributed by atoms with van der Waals surface area (Å²) in [5, 5.41) is 0. The highest BCUT2D eigenvalue weighted by Gasteiger charge is 2.47. The zero-order valence-corrected chi connectivity index (χ0v) is 18.5. The molecule has 6 heteroatoms. The summed E-state index contributed by atoms with van der Waals surface area (Å²) in [5.74, 6) is 1.48. The molecule has 160 valence electrons. The van der Waals surface area contributed by atoms with Crippen LogP contribution in [0.15, 0.2) is 53.7 Å². The van der Waals surface area contributed by atoms with Crippen LogP contribution in [-0.2, 0) is 4.74 Å². The van der Waals surface area contributed by atoms with Crippen molar-refractivity contribution in [2.75, 3.05) is 7.05 Å². The third-order valence-corrected chi connectivity index (χ3v) is 6.07. The lowest BCUT2D eigenvalue weighted by Gasteiger charge is -2.20. The second-order valence-electron chi connectivity index (χ2n) is 8.67. The molecule has 1 N–H and O–H groups in total. The maximum absolute atomic E-state index is 13.0. The molecule has 1 fully saturated rings. The normalized spacial score (nSPS) is 19.5. The average molecular weight is 418 g/mol. The van der Waals surface area contributed by atoms with E-state index in [1.807, 2.05) is 71.4 Å². The molecule has 2 aliphatic rings. The quantitative estimate of drug-likeness (QED) is 0.614. The Labute approximate surface area is 181 Å². The van der Waals surface area contributed by atoms with Gasteiger partial charge in [-0.1, -0.05) is 18.2 Å². The Balaban J connectivity index is 1.71. The average Bonchev–Trinajstić information content (AvgIpc) is 3.40. The summed E-state index contributed by atoms with van der Waals surface area (Å²) in [6, 6.07) is 9.85. The van der Waals surface area contributed by atoms with E-state index in [0.717, 1.165) is 39.3 Å². The molecule has 2 aromatic heterocycles. The third kappa shape index (κ3) is 3.27. The number of ether oxygens (including phenoxy) is 2. The van der Waals surface area contributed by atoms with Crippen molar-refractivity contribution in [3.8, 4) is 11.5 Å². The van der Waals surface area contributed by atoms with E-state index in [0.29, 0.717) is 5.75 Å². The molecule has 0 aliphatic carbocycles. The molecule has 3 aromatic rings. The molecule has 2 unspecified atom stereocenters. The Bertz CT molecular complexity index is 1230. The molecule has 6 nitrogen and oxygen atoms in total. The zero-order chi connectivity index (χ0) is 21.9. The topological polar surface area (TPSA) is 62.8 Å². The van der Waals surface area contributed by atoms with Crippen LogP contribution in [0.5, 0.6) is 11.5 Å². The Morgan fingerprint density at radius 3 is 2.58 bits per heavy atom. The SMILES string of the molecule is Cc1cccc(C)c1Oc1cn(C(C)C)c(=O)cc1C1=CN(C)C2OC2c2[nH]ccc21. The summed E-state index contributed by atoms with van der Waals surface area (Å²) in [7, 11) is 2.00. The van der Waals surface area contributed by atoms with Crippen molar-refractivity contribution in [3.05, 3.63) is 87.2 Å². The molecule has 0 radical (unpaired) electrons. The van der Waals surface area contributed by atoms with E-state index < -0.39 is 0 Å². The van der Waals surface area contributed by atoms with Crippen molar-refractivity contribution in [2.24, 2.45) is 0 Å². The minimum atomic E-state index is -0.0508. The number of aromatic amines is 1. The van der Waals surface area contributed by atoms with Crippen LogP contribution in [0, 0.1) is 13.8 Å². The van der Waals surface area contributed by atoms with Gasteiger partial charge in [-0.3, -0.25) is 4.79 Å². The minimum absolute atomic E-state index is 0.00825. The van der Waals surface area contributed by atoms with E-state index in [-0.39, 0.29) is 23.9 Å². The Kier molecular flexibility index (Phi) is 4.55. The van der Waals surface area contributed by atoms with Gasteiger partial charge in [0, 0.05) is 48.3 Å². The number of H-pyrrole nitrogens is 1. The first-order valence-electron chi connectivity index (χ1n) is 10.6. The van der Waals surface area contributed by atoms with Crippen molar-refractivity contribution in [3.63, 3.8) is 0 Å². The van der Waals surface area contributed by atoms with Crippen LogP contribution in [0.3, 0.4) is 0 Å². The van der Waals surface area contributed by atoms with Gasteiger partial charge in [-0.2, -0.15) is 0 Å². The molecule has 0 spiro atoms. The fourth-order valence-electron chi connectivity index (χ4n) is 4.33. The molecular weight excluding hydrogens is 390 g/mol. The van der Waals surface area contributed by atoms with Crippen molar-refractivity contribution >= 4 is 5.57 Å². The van der Waals surface area contributed by atoms with E-state index >= 15 is 0 Å². The molecule has 5 rings (SSSR count). The molecule has 2 atom stereocenters. The lowest BCUT2D eigenvalue weighted by molar-refractivity contribution is 0.265. The fourth-order valence-corrected chi connectivity index (χ4v) is 4.33. The van der Waals surface area contributed by atoms with E-state index in [1.165, 1.54) is 0 Å². The van der Waals surface area contributed by atoms with Gasteiger partial charge < -0.3 is 23.9 Å². The second-order valence-corrected chi connectivity index (χ2v) is 8.67. The zero-order valence-electron chi connectivity index (χ0n) is 18.5. The molecule has 0 saturated carbocycles. The number of likely N-dealkylation sites (N-methyl/N-ethyl adjacent to an activating group) is 1. The highest BCUT2D eigenvalue weighted by atomic mass is 16.6. The summed E-state index contributed by atoms with van der Waals surface area (Å²) in [6.07, 6.45) is 5.83. The summed E-state index contributed by atoms with van der Waals surface area (Å²) in [4.78, 5) is 18.4. The van der Waals surface area contributed by atoms with Gasteiger partial charge in [-0.05, 0) is 44.9 Å². The molecular formula is C25H27N3O3. The second kappa shape index (κ2) is 7.17. The van der Waals surface area contributed by atoms with Gasteiger partial charge in [0.05, 0.1) is 11.9 Å². The summed E-state index contributed by atoms with van der Waals surface area (Å²) in [5.41, 5.74) is 5.85. The van der Waals surface area contributed by atoms with Crippen molar-refractivity contribution in [1.29, 1.82) is 0 Å². The highest BCUT2D eigenvalue weighted by Crippen LogP contribution is 2.48. The minimum Gasteiger partial charge on any atom is -0.455 e. The van der Waals surface area contributed by atoms with E-state index in [4.69, 9.17) is 9.47 Å². The van der Waals surface area contributed by atoms with Gasteiger partial charge in [-0.25, -0.2) is 0 Å². The van der Waals surface area contributed by atoms with Crippen molar-refractivity contribution in [1.82, 2.24) is 14.5 Å². The fraction of sp³-hybridized carbons (Fsp3) is 0.320. The van der Waals surface area contributed by atoms with E-state index in [2.05, 4.69) is 16.1 Å². The number of rotatable bonds is 4. The number of hydrogen-bond acceptors (Lipinski definition) is 4. The first-order chi connectivity index (χ1) is 14.8. The van der Waals surface area contributed by atoms with Gasteiger partial charge in [0.2, 0.25) is 0 Å². The van der Waals surface area contributed by atoms with E-state index in [1.54, 1.807) is 10.6 Å². The first-order valence-corrected chi connectivity index (χ1v) is 10.6. The van der Waals surface area contributed by atoms with Crippen LogP contribution in [-0.4, -0.2) is 27.7 Å². The number of fused-ring (bicyclic) bond motifs is 3. The smallest absolute Gasteiger partial charge is 0.251 e. The third-order valence-electron chi connectivity index (χ3n) is 6.07. The summed E-state index contributed by atoms with van der Waals surface area (Å²) >= 11 is 0. The Morgan fingerprint density at radius 1 is 1.13 bits per heavy atom. The van der Waals surface area contributed by atoms with Crippen LogP contribution in [0.4, 0.5) is 0 Å². The lowest BCUT2D eigenvalue weighted by Crippen LogP contribution is -2.22.